The third kappa shape index (κ3) is 6.94. The number of amides is 1. The van der Waals surface area contributed by atoms with Crippen LogP contribution in [-0.2, 0) is 21.4 Å². The van der Waals surface area contributed by atoms with Crippen LogP contribution in [0.5, 0.6) is 5.75 Å². The smallest absolute Gasteiger partial charge is 0.246 e. The van der Waals surface area contributed by atoms with Crippen molar-refractivity contribution in [1.29, 1.82) is 0 Å². The number of carbonyl (C=O) groups is 1. The van der Waals surface area contributed by atoms with Crippen LogP contribution in [0, 0.1) is 0 Å². The van der Waals surface area contributed by atoms with Crippen molar-refractivity contribution in [1.82, 2.24) is 10.2 Å². The van der Waals surface area contributed by atoms with Crippen molar-refractivity contribution in [3.63, 3.8) is 0 Å². The van der Waals surface area contributed by atoms with Crippen LogP contribution in [0.2, 0.25) is 0 Å². The Balaban J connectivity index is 1.65. The van der Waals surface area contributed by atoms with E-state index in [1.807, 2.05) is 37.3 Å². The van der Waals surface area contributed by atoms with E-state index >= 15 is 0 Å². The van der Waals surface area contributed by atoms with E-state index in [4.69, 9.17) is 4.74 Å². The fraction of sp³-hybridized carbons (Fsp3) is 0.250. The van der Waals surface area contributed by atoms with E-state index in [0.29, 0.717) is 23.2 Å². The minimum Gasteiger partial charge on any atom is -0.489 e. The molecule has 8 nitrogen and oxygen atoms in total. The summed E-state index contributed by atoms with van der Waals surface area (Å²) >= 11 is 2.76. The molecule has 0 fully saturated rings. The molecule has 1 aromatic heterocycles. The molecule has 0 aliphatic carbocycles. The number of sulfonamides is 1. The molecular weight excluding hydrogens is 456 g/mol. The summed E-state index contributed by atoms with van der Waals surface area (Å²) in [5, 5.41) is 10.8. The maximum Gasteiger partial charge on any atom is 0.246 e. The molecule has 1 N–H and O–H groups in total. The Hall–Kier alpha value is -2.63. The van der Waals surface area contributed by atoms with E-state index in [9.17, 15) is 13.2 Å². The van der Waals surface area contributed by atoms with Gasteiger partial charge in [0.25, 0.3) is 0 Å². The number of nitrogens with one attached hydrogen (secondary N) is 1. The monoisotopic (exact) mass is 478 g/mol. The van der Waals surface area contributed by atoms with Gasteiger partial charge in [0.05, 0.1) is 11.9 Å². The van der Waals surface area contributed by atoms with E-state index in [0.717, 1.165) is 26.2 Å². The van der Waals surface area contributed by atoms with Crippen LogP contribution >= 0.6 is 23.1 Å². The van der Waals surface area contributed by atoms with Crippen molar-refractivity contribution in [2.24, 2.45) is 0 Å². The molecule has 3 aromatic rings. The number of rotatable bonds is 10. The second kappa shape index (κ2) is 10.6. The SMILES string of the molecule is CCSc1nnc(NC(=O)CN(c2ccc(OCc3ccccc3)cc2)S(C)(=O)=O)s1. The Morgan fingerprint density at radius 2 is 1.84 bits per heavy atom. The van der Waals surface area contributed by atoms with Crippen molar-refractivity contribution >= 4 is 49.8 Å². The highest BCUT2D eigenvalue weighted by atomic mass is 32.2. The summed E-state index contributed by atoms with van der Waals surface area (Å²) in [6.07, 6.45) is 1.06. The molecule has 11 heteroatoms. The van der Waals surface area contributed by atoms with Gasteiger partial charge in [-0.05, 0) is 35.6 Å². The van der Waals surface area contributed by atoms with Crippen LogP contribution in [0.1, 0.15) is 12.5 Å². The molecule has 1 heterocycles. The minimum atomic E-state index is -3.68. The number of anilines is 2. The van der Waals surface area contributed by atoms with E-state index in [2.05, 4.69) is 15.5 Å². The first kappa shape index (κ1) is 23.0. The second-order valence-corrected chi connectivity index (χ2v) is 10.8. The Bertz CT molecular complexity index is 1100. The summed E-state index contributed by atoms with van der Waals surface area (Å²) in [4.78, 5) is 12.4. The van der Waals surface area contributed by atoms with Crippen LogP contribution < -0.4 is 14.4 Å². The molecule has 0 aliphatic rings. The van der Waals surface area contributed by atoms with Crippen LogP contribution in [0.25, 0.3) is 0 Å². The van der Waals surface area contributed by atoms with Gasteiger partial charge in [0, 0.05) is 0 Å². The van der Waals surface area contributed by atoms with E-state index < -0.39 is 15.9 Å². The zero-order valence-corrected chi connectivity index (χ0v) is 19.5. The van der Waals surface area contributed by atoms with Gasteiger partial charge in [-0.3, -0.25) is 14.4 Å². The predicted octanol–water partition coefficient (Wildman–Crippen LogP) is 3.63. The van der Waals surface area contributed by atoms with E-state index in [1.165, 1.54) is 23.1 Å². The first-order valence-corrected chi connectivity index (χ1v) is 13.0. The molecule has 2 aromatic carbocycles. The van der Waals surface area contributed by atoms with Gasteiger partial charge in [0.1, 0.15) is 18.9 Å². The molecule has 3 rings (SSSR count). The molecule has 0 unspecified atom stereocenters. The molecule has 0 saturated heterocycles. The lowest BCUT2D eigenvalue weighted by molar-refractivity contribution is -0.114. The van der Waals surface area contributed by atoms with E-state index in [1.54, 1.807) is 24.3 Å². The Morgan fingerprint density at radius 1 is 1.13 bits per heavy atom. The number of aromatic nitrogens is 2. The van der Waals surface area contributed by atoms with Crippen LogP contribution in [-0.4, -0.2) is 43.1 Å². The fourth-order valence-corrected chi connectivity index (χ4v) is 5.10. The Kier molecular flexibility index (Phi) is 7.88. The Labute approximate surface area is 189 Å². The summed E-state index contributed by atoms with van der Waals surface area (Å²) in [6, 6.07) is 16.3. The maximum absolute atomic E-state index is 12.4. The second-order valence-electron chi connectivity index (χ2n) is 6.39. The first-order chi connectivity index (χ1) is 14.8. The van der Waals surface area contributed by atoms with Gasteiger partial charge < -0.3 is 4.74 Å². The lowest BCUT2D eigenvalue weighted by Gasteiger charge is -2.21. The highest BCUT2D eigenvalue weighted by Gasteiger charge is 2.21. The van der Waals surface area contributed by atoms with Crippen molar-refractivity contribution in [3.05, 3.63) is 60.2 Å². The molecule has 0 spiro atoms. The van der Waals surface area contributed by atoms with Crippen molar-refractivity contribution < 1.29 is 17.9 Å². The third-order valence-corrected chi connectivity index (χ3v) is 6.98. The Morgan fingerprint density at radius 3 is 2.48 bits per heavy atom. The fourth-order valence-electron chi connectivity index (χ4n) is 2.58. The summed E-state index contributed by atoms with van der Waals surface area (Å²) < 4.78 is 32.1. The normalized spacial score (nSPS) is 11.2. The van der Waals surface area contributed by atoms with Gasteiger partial charge in [-0.25, -0.2) is 8.42 Å². The number of hydrogen-bond acceptors (Lipinski definition) is 8. The lowest BCUT2D eigenvalue weighted by atomic mass is 10.2. The first-order valence-electron chi connectivity index (χ1n) is 9.36. The highest BCUT2D eigenvalue weighted by molar-refractivity contribution is 8.01. The topological polar surface area (TPSA) is 101 Å². The lowest BCUT2D eigenvalue weighted by Crippen LogP contribution is -2.37. The van der Waals surface area contributed by atoms with Crippen LogP contribution in [0.15, 0.2) is 58.9 Å². The van der Waals surface area contributed by atoms with Gasteiger partial charge in [-0.15, -0.1) is 10.2 Å². The molecule has 1 amide bonds. The van der Waals surface area contributed by atoms with Gasteiger partial charge in [0.2, 0.25) is 21.1 Å². The maximum atomic E-state index is 12.4. The van der Waals surface area contributed by atoms with Crippen molar-refractivity contribution in [3.8, 4) is 5.75 Å². The summed E-state index contributed by atoms with van der Waals surface area (Å²) in [5.41, 5.74) is 1.39. The minimum absolute atomic E-state index is 0.332. The van der Waals surface area contributed by atoms with Crippen LogP contribution in [0.4, 0.5) is 10.8 Å². The summed E-state index contributed by atoms with van der Waals surface area (Å²) in [6.45, 7) is 2.02. The molecule has 0 aliphatic heterocycles. The highest BCUT2D eigenvalue weighted by Crippen LogP contribution is 2.26. The quantitative estimate of drug-likeness (QED) is 0.351. The zero-order valence-electron chi connectivity index (χ0n) is 17.0. The molecule has 0 atom stereocenters. The summed E-state index contributed by atoms with van der Waals surface area (Å²) in [5.74, 6) is 0.939. The molecular formula is C20H22N4O4S3. The number of benzene rings is 2. The predicted molar refractivity (Wildman–Crippen MR) is 124 cm³/mol. The number of carbonyl (C=O) groups excluding carboxylic acids is 1. The molecule has 0 bridgehead atoms. The average Bonchev–Trinajstić information content (AvgIpc) is 3.18. The average molecular weight is 479 g/mol. The number of thioether (sulfide) groups is 1. The van der Waals surface area contributed by atoms with Crippen molar-refractivity contribution in [2.45, 2.75) is 17.9 Å². The number of nitrogens with zero attached hydrogens (tertiary/aromatic N) is 3. The summed E-state index contributed by atoms with van der Waals surface area (Å²) in [7, 11) is -3.68. The molecule has 0 radical (unpaired) electrons. The van der Waals surface area contributed by atoms with E-state index in [-0.39, 0.29) is 6.54 Å². The van der Waals surface area contributed by atoms with Gasteiger partial charge in [-0.2, -0.15) is 0 Å². The number of ether oxygens (including phenoxy) is 1. The third-order valence-electron chi connectivity index (χ3n) is 3.98. The molecule has 31 heavy (non-hydrogen) atoms. The van der Waals surface area contributed by atoms with Gasteiger partial charge in [0.15, 0.2) is 4.34 Å². The molecule has 164 valence electrons. The van der Waals surface area contributed by atoms with Crippen LogP contribution in [0.3, 0.4) is 0 Å². The van der Waals surface area contributed by atoms with Crippen molar-refractivity contribution in [2.75, 3.05) is 28.2 Å². The zero-order chi connectivity index (χ0) is 22.3. The largest absolute Gasteiger partial charge is 0.489 e. The standard InChI is InChI=1S/C20H22N4O4S3/c1-3-29-20-23-22-19(30-20)21-18(25)13-24(31(2,26)27)16-9-11-17(12-10-16)28-14-15-7-5-4-6-8-15/h4-12H,3,13-14H2,1-2H3,(H,21,22,25). The number of hydrogen-bond donors (Lipinski definition) is 1. The van der Waals surface area contributed by atoms with Gasteiger partial charge in [-0.1, -0.05) is 60.4 Å². The molecule has 0 saturated carbocycles. The van der Waals surface area contributed by atoms with Gasteiger partial charge >= 0.3 is 0 Å².